The Hall–Kier alpha value is -4.12. The molecule has 10 nitrogen and oxygen atoms in total. The van der Waals surface area contributed by atoms with Crippen LogP contribution in [-0.4, -0.2) is 70.8 Å². The molecule has 0 atom stereocenters. The van der Waals surface area contributed by atoms with Gasteiger partial charge in [-0.05, 0) is 62.9 Å². The summed E-state index contributed by atoms with van der Waals surface area (Å²) in [4.78, 5) is 54.0. The molecule has 208 valence electrons. The largest absolute Gasteiger partial charge is 0.444 e. The molecule has 4 heterocycles. The molecule has 0 unspecified atom stereocenters. The number of hydrogen-bond acceptors (Lipinski definition) is 8. The van der Waals surface area contributed by atoms with E-state index in [0.29, 0.717) is 49.8 Å². The molecule has 1 fully saturated rings. The standard InChI is InChI=1S/C29H32N6O4S/c1-29(2,3)39-28(38)34-14-12-33(13-15-34)24-10-11-30-17-23(24)32-26(36)22-6-5-7-25(31-22)35-18-19-8-9-20(40-4)16-21(19)27(35)37/h5-11,16-17H,12-15,18H2,1-4H3,(H,32,36). The molecule has 3 amide bonds. The number of fused-ring (bicyclic) bond motifs is 1. The number of thioether (sulfide) groups is 1. The van der Waals surface area contributed by atoms with Gasteiger partial charge in [0.1, 0.15) is 17.1 Å². The van der Waals surface area contributed by atoms with Crippen LogP contribution in [0.25, 0.3) is 0 Å². The summed E-state index contributed by atoms with van der Waals surface area (Å²) in [5.41, 5.74) is 2.58. The van der Waals surface area contributed by atoms with E-state index in [9.17, 15) is 14.4 Å². The van der Waals surface area contributed by atoms with Gasteiger partial charge < -0.3 is 19.9 Å². The number of amides is 3. The fourth-order valence-electron chi connectivity index (χ4n) is 4.69. The van der Waals surface area contributed by atoms with Crippen molar-refractivity contribution in [1.29, 1.82) is 0 Å². The van der Waals surface area contributed by atoms with Gasteiger partial charge in [-0.2, -0.15) is 0 Å². The molecule has 11 heteroatoms. The van der Waals surface area contributed by atoms with Gasteiger partial charge in [0.05, 0.1) is 24.1 Å². The van der Waals surface area contributed by atoms with Gasteiger partial charge in [-0.3, -0.25) is 19.5 Å². The third-order valence-corrected chi connectivity index (χ3v) is 7.41. The number of ether oxygens (including phenoxy) is 1. The number of benzene rings is 1. The molecule has 2 aliphatic heterocycles. The average Bonchev–Trinajstić information content (AvgIpc) is 3.28. The highest BCUT2D eigenvalue weighted by molar-refractivity contribution is 7.98. The zero-order valence-electron chi connectivity index (χ0n) is 23.0. The predicted molar refractivity (Wildman–Crippen MR) is 155 cm³/mol. The van der Waals surface area contributed by atoms with Gasteiger partial charge in [0, 0.05) is 42.8 Å². The lowest BCUT2D eigenvalue weighted by atomic mass is 10.1. The van der Waals surface area contributed by atoms with Crippen LogP contribution in [0.3, 0.4) is 0 Å². The van der Waals surface area contributed by atoms with E-state index in [1.807, 2.05) is 51.3 Å². The van der Waals surface area contributed by atoms with Gasteiger partial charge in [0.25, 0.3) is 11.8 Å². The first-order chi connectivity index (χ1) is 19.1. The normalized spacial score (nSPS) is 15.2. The van der Waals surface area contributed by atoms with Crippen molar-refractivity contribution in [2.24, 2.45) is 0 Å². The van der Waals surface area contributed by atoms with Crippen LogP contribution in [-0.2, 0) is 11.3 Å². The van der Waals surface area contributed by atoms with Crippen molar-refractivity contribution in [3.8, 4) is 0 Å². The molecular weight excluding hydrogens is 528 g/mol. The third kappa shape index (κ3) is 5.89. The number of nitrogens with one attached hydrogen (secondary N) is 1. The summed E-state index contributed by atoms with van der Waals surface area (Å²) in [6.45, 7) is 8.11. The number of rotatable bonds is 5. The van der Waals surface area contributed by atoms with Crippen LogP contribution in [0.2, 0.25) is 0 Å². The zero-order valence-corrected chi connectivity index (χ0v) is 23.8. The third-order valence-electron chi connectivity index (χ3n) is 6.68. The maximum absolute atomic E-state index is 13.3. The highest BCUT2D eigenvalue weighted by Gasteiger charge is 2.30. The maximum atomic E-state index is 13.3. The molecule has 0 bridgehead atoms. The van der Waals surface area contributed by atoms with Crippen LogP contribution < -0.4 is 15.1 Å². The quantitative estimate of drug-likeness (QED) is 0.449. The van der Waals surface area contributed by atoms with Gasteiger partial charge in [0.15, 0.2) is 0 Å². The Labute approximate surface area is 237 Å². The number of hydrogen-bond donors (Lipinski definition) is 1. The summed E-state index contributed by atoms with van der Waals surface area (Å²) in [6, 6.07) is 12.8. The Morgan fingerprint density at radius 3 is 2.55 bits per heavy atom. The summed E-state index contributed by atoms with van der Waals surface area (Å²) in [5, 5.41) is 2.93. The number of nitrogens with zero attached hydrogens (tertiary/aromatic N) is 5. The number of aromatic nitrogens is 2. The molecule has 0 spiro atoms. The maximum Gasteiger partial charge on any atom is 0.410 e. The first-order valence-corrected chi connectivity index (χ1v) is 14.3. The van der Waals surface area contributed by atoms with Crippen molar-refractivity contribution < 1.29 is 19.1 Å². The van der Waals surface area contributed by atoms with Crippen LogP contribution >= 0.6 is 11.8 Å². The summed E-state index contributed by atoms with van der Waals surface area (Å²) in [5.74, 6) is -0.113. The Kier molecular flexibility index (Phi) is 7.66. The number of piperazine rings is 1. The molecular formula is C29H32N6O4S. The highest BCUT2D eigenvalue weighted by Crippen LogP contribution is 2.31. The van der Waals surface area contributed by atoms with E-state index in [0.717, 1.165) is 16.1 Å². The number of carbonyl (C=O) groups excluding carboxylic acids is 3. The van der Waals surface area contributed by atoms with E-state index in [2.05, 4.69) is 20.2 Å². The fourth-order valence-corrected chi connectivity index (χ4v) is 5.13. The molecule has 0 radical (unpaired) electrons. The van der Waals surface area contributed by atoms with Crippen molar-refractivity contribution in [1.82, 2.24) is 14.9 Å². The Balaban J connectivity index is 1.27. The zero-order chi connectivity index (χ0) is 28.4. The molecule has 1 aromatic carbocycles. The van der Waals surface area contributed by atoms with Crippen molar-refractivity contribution >= 4 is 46.9 Å². The molecule has 0 saturated carbocycles. The van der Waals surface area contributed by atoms with Crippen molar-refractivity contribution in [3.05, 3.63) is 71.7 Å². The second kappa shape index (κ2) is 11.2. The summed E-state index contributed by atoms with van der Waals surface area (Å²) in [6.07, 6.45) is 4.91. The van der Waals surface area contributed by atoms with E-state index in [1.165, 1.54) is 0 Å². The van der Waals surface area contributed by atoms with Crippen LogP contribution in [0.1, 0.15) is 47.2 Å². The van der Waals surface area contributed by atoms with Gasteiger partial charge >= 0.3 is 6.09 Å². The molecule has 1 N–H and O–H groups in total. The Morgan fingerprint density at radius 1 is 1.05 bits per heavy atom. The number of pyridine rings is 2. The van der Waals surface area contributed by atoms with E-state index >= 15 is 0 Å². The molecule has 2 aliphatic rings. The number of anilines is 3. The van der Waals surface area contributed by atoms with Crippen LogP contribution in [0.4, 0.5) is 22.0 Å². The fraction of sp³-hybridized carbons (Fsp3) is 0.345. The lowest BCUT2D eigenvalue weighted by Gasteiger charge is -2.37. The minimum absolute atomic E-state index is 0.129. The lowest BCUT2D eigenvalue weighted by molar-refractivity contribution is 0.0240. The average molecular weight is 561 g/mol. The first kappa shape index (κ1) is 27.4. The van der Waals surface area contributed by atoms with Crippen LogP contribution in [0.5, 0.6) is 0 Å². The van der Waals surface area contributed by atoms with Gasteiger partial charge in [-0.1, -0.05) is 12.1 Å². The minimum atomic E-state index is -0.550. The highest BCUT2D eigenvalue weighted by atomic mass is 32.2. The monoisotopic (exact) mass is 560 g/mol. The summed E-state index contributed by atoms with van der Waals surface area (Å²) < 4.78 is 5.49. The second-order valence-corrected chi connectivity index (χ2v) is 11.5. The van der Waals surface area contributed by atoms with E-state index < -0.39 is 11.5 Å². The van der Waals surface area contributed by atoms with Gasteiger partial charge in [0.2, 0.25) is 0 Å². The second-order valence-electron chi connectivity index (χ2n) is 10.6. The molecule has 3 aromatic rings. The molecule has 2 aromatic heterocycles. The van der Waals surface area contributed by atoms with Crippen molar-refractivity contribution in [2.45, 2.75) is 37.8 Å². The Morgan fingerprint density at radius 2 is 1.82 bits per heavy atom. The van der Waals surface area contributed by atoms with E-state index in [-0.39, 0.29) is 17.7 Å². The first-order valence-electron chi connectivity index (χ1n) is 13.1. The summed E-state index contributed by atoms with van der Waals surface area (Å²) in [7, 11) is 0. The van der Waals surface area contributed by atoms with E-state index in [1.54, 1.807) is 52.2 Å². The van der Waals surface area contributed by atoms with Crippen LogP contribution in [0.15, 0.2) is 59.8 Å². The molecule has 40 heavy (non-hydrogen) atoms. The minimum Gasteiger partial charge on any atom is -0.444 e. The number of carbonyl (C=O) groups is 3. The predicted octanol–water partition coefficient (Wildman–Crippen LogP) is 4.67. The smallest absolute Gasteiger partial charge is 0.410 e. The van der Waals surface area contributed by atoms with E-state index in [4.69, 9.17) is 4.74 Å². The molecule has 1 saturated heterocycles. The van der Waals surface area contributed by atoms with Crippen molar-refractivity contribution in [3.63, 3.8) is 0 Å². The SMILES string of the molecule is CSc1ccc2c(c1)C(=O)N(c1cccc(C(=O)Nc3cnccc3N3CCN(C(=O)OC(C)(C)C)CC3)n1)C2. The van der Waals surface area contributed by atoms with Crippen LogP contribution in [0, 0.1) is 0 Å². The van der Waals surface area contributed by atoms with Crippen molar-refractivity contribution in [2.75, 3.05) is 47.6 Å². The lowest BCUT2D eigenvalue weighted by Crippen LogP contribution is -2.50. The van der Waals surface area contributed by atoms with Gasteiger partial charge in [-0.25, -0.2) is 9.78 Å². The Bertz CT molecular complexity index is 1450. The molecule has 5 rings (SSSR count). The topological polar surface area (TPSA) is 108 Å². The van der Waals surface area contributed by atoms with Gasteiger partial charge in [-0.15, -0.1) is 11.8 Å². The molecule has 0 aliphatic carbocycles. The summed E-state index contributed by atoms with van der Waals surface area (Å²) >= 11 is 1.58.